The van der Waals surface area contributed by atoms with Crippen LogP contribution in [-0.4, -0.2) is 34.2 Å². The first-order valence-electron chi connectivity index (χ1n) is 7.00. The van der Waals surface area contributed by atoms with Crippen molar-refractivity contribution in [2.75, 3.05) is 13.1 Å². The van der Waals surface area contributed by atoms with Gasteiger partial charge in [0.2, 0.25) is 0 Å². The third-order valence-electron chi connectivity index (χ3n) is 3.97. The van der Waals surface area contributed by atoms with Crippen molar-refractivity contribution in [3.63, 3.8) is 0 Å². The predicted molar refractivity (Wildman–Crippen MR) is 80.1 cm³/mol. The molecule has 0 radical (unpaired) electrons. The lowest BCUT2D eigenvalue weighted by atomic mass is 10.0. The Morgan fingerprint density at radius 3 is 2.90 bits per heavy atom. The van der Waals surface area contributed by atoms with E-state index in [1.165, 1.54) is 5.57 Å². The lowest BCUT2D eigenvalue weighted by Crippen LogP contribution is -2.34. The summed E-state index contributed by atoms with van der Waals surface area (Å²) in [7, 11) is 0. The van der Waals surface area contributed by atoms with E-state index in [2.05, 4.69) is 41.1 Å². The van der Waals surface area contributed by atoms with Crippen molar-refractivity contribution in [1.82, 2.24) is 15.1 Å². The van der Waals surface area contributed by atoms with E-state index in [0.29, 0.717) is 11.6 Å². The van der Waals surface area contributed by atoms with Gasteiger partial charge in [-0.05, 0) is 44.0 Å². The minimum atomic E-state index is 0.578. The van der Waals surface area contributed by atoms with E-state index in [0.717, 1.165) is 36.1 Å². The van der Waals surface area contributed by atoms with Gasteiger partial charge in [-0.1, -0.05) is 6.08 Å². The van der Waals surface area contributed by atoms with Crippen molar-refractivity contribution >= 4 is 16.5 Å². The molecular weight excluding hydrogens is 248 g/mol. The summed E-state index contributed by atoms with van der Waals surface area (Å²) < 4.78 is 0. The quantitative estimate of drug-likeness (QED) is 0.909. The monoisotopic (exact) mass is 266 g/mol. The third kappa shape index (κ3) is 2.21. The van der Waals surface area contributed by atoms with Crippen molar-refractivity contribution in [2.45, 2.75) is 26.3 Å². The van der Waals surface area contributed by atoms with Crippen LogP contribution >= 0.6 is 0 Å². The minimum absolute atomic E-state index is 0.578. The van der Waals surface area contributed by atoms with Crippen LogP contribution in [-0.2, 0) is 0 Å². The van der Waals surface area contributed by atoms with E-state index in [9.17, 15) is 0 Å². The molecule has 1 aromatic heterocycles. The summed E-state index contributed by atoms with van der Waals surface area (Å²) in [5.74, 6) is 0. The lowest BCUT2D eigenvalue weighted by Gasteiger charge is -2.29. The first-order valence-corrected chi connectivity index (χ1v) is 7.00. The normalized spacial score (nSPS) is 16.4. The fourth-order valence-corrected chi connectivity index (χ4v) is 2.70. The molecule has 2 aromatic rings. The zero-order valence-corrected chi connectivity index (χ0v) is 11.8. The summed E-state index contributed by atoms with van der Waals surface area (Å²) in [6.07, 6.45) is 3.27. The first kappa shape index (κ1) is 12.9. The van der Waals surface area contributed by atoms with E-state index in [-0.39, 0.29) is 0 Å². The van der Waals surface area contributed by atoms with Crippen molar-refractivity contribution in [3.8, 4) is 6.07 Å². The van der Waals surface area contributed by atoms with Crippen molar-refractivity contribution in [2.24, 2.45) is 0 Å². The molecule has 0 amide bonds. The van der Waals surface area contributed by atoms with Gasteiger partial charge in [0.05, 0.1) is 22.8 Å². The predicted octanol–water partition coefficient (Wildman–Crippen LogP) is 2.93. The van der Waals surface area contributed by atoms with Crippen LogP contribution in [0, 0.1) is 11.3 Å². The fraction of sp³-hybridized carbons (Fsp3) is 0.375. The number of aromatic amines is 1. The molecule has 4 nitrogen and oxygen atoms in total. The van der Waals surface area contributed by atoms with Gasteiger partial charge in [0.15, 0.2) is 0 Å². The lowest BCUT2D eigenvalue weighted by molar-refractivity contribution is 0.245. The summed E-state index contributed by atoms with van der Waals surface area (Å²) in [6.45, 7) is 6.49. The van der Waals surface area contributed by atoms with E-state index in [4.69, 9.17) is 5.26 Å². The molecule has 1 N–H and O–H groups in total. The number of nitriles is 1. The Hall–Kier alpha value is -2.12. The number of aromatic nitrogens is 2. The Kier molecular flexibility index (Phi) is 3.29. The van der Waals surface area contributed by atoms with Crippen LogP contribution < -0.4 is 0 Å². The number of hydrogen-bond acceptors (Lipinski definition) is 3. The van der Waals surface area contributed by atoms with Gasteiger partial charge < -0.3 is 0 Å². The second kappa shape index (κ2) is 5.10. The van der Waals surface area contributed by atoms with Gasteiger partial charge in [-0.25, -0.2) is 0 Å². The number of benzene rings is 1. The zero-order chi connectivity index (χ0) is 14.1. The molecule has 4 heteroatoms. The highest BCUT2D eigenvalue weighted by atomic mass is 15.2. The number of fused-ring (bicyclic) bond motifs is 1. The number of nitrogens with one attached hydrogen (secondary N) is 1. The van der Waals surface area contributed by atoms with Gasteiger partial charge in [0.25, 0.3) is 0 Å². The molecule has 2 heterocycles. The van der Waals surface area contributed by atoms with Crippen LogP contribution in [0.5, 0.6) is 0 Å². The van der Waals surface area contributed by atoms with Crippen molar-refractivity contribution in [1.29, 1.82) is 5.26 Å². The Labute approximate surface area is 118 Å². The van der Waals surface area contributed by atoms with Crippen LogP contribution in [0.15, 0.2) is 24.3 Å². The van der Waals surface area contributed by atoms with Gasteiger partial charge in [0, 0.05) is 24.5 Å². The molecule has 1 aliphatic rings. The smallest absolute Gasteiger partial charge is 0.0991 e. The Morgan fingerprint density at radius 1 is 1.40 bits per heavy atom. The van der Waals surface area contributed by atoms with Crippen LogP contribution in [0.3, 0.4) is 0 Å². The molecule has 3 rings (SSSR count). The Balaban J connectivity index is 1.97. The highest BCUT2D eigenvalue weighted by molar-refractivity contribution is 5.91. The molecule has 20 heavy (non-hydrogen) atoms. The van der Waals surface area contributed by atoms with Crippen molar-refractivity contribution < 1.29 is 0 Å². The highest BCUT2D eigenvalue weighted by Crippen LogP contribution is 2.28. The number of hydrogen-bond donors (Lipinski definition) is 1. The maximum absolute atomic E-state index is 9.03. The molecule has 102 valence electrons. The van der Waals surface area contributed by atoms with Gasteiger partial charge in [-0.15, -0.1) is 0 Å². The van der Waals surface area contributed by atoms with Gasteiger partial charge in [-0.2, -0.15) is 10.4 Å². The molecular formula is C16H18N4. The van der Waals surface area contributed by atoms with E-state index in [1.807, 2.05) is 18.2 Å². The highest BCUT2D eigenvalue weighted by Gasteiger charge is 2.18. The molecule has 0 unspecified atom stereocenters. The Bertz CT molecular complexity index is 703. The van der Waals surface area contributed by atoms with Gasteiger partial charge in [-0.3, -0.25) is 10.00 Å². The van der Waals surface area contributed by atoms with Crippen LogP contribution in [0.1, 0.15) is 31.5 Å². The zero-order valence-electron chi connectivity index (χ0n) is 11.8. The maximum Gasteiger partial charge on any atom is 0.0991 e. The molecule has 0 bridgehead atoms. The minimum Gasteiger partial charge on any atom is -0.297 e. The topological polar surface area (TPSA) is 55.7 Å². The standard InChI is InChI=1S/C16H18N4/c1-11(2)20-7-5-13(6-8-20)16-14-9-12(10-17)3-4-15(14)18-19-16/h3-5,9,11H,6-8H2,1-2H3,(H,18,19). The van der Waals surface area contributed by atoms with Crippen LogP contribution in [0.4, 0.5) is 0 Å². The largest absolute Gasteiger partial charge is 0.297 e. The fourth-order valence-electron chi connectivity index (χ4n) is 2.70. The van der Waals surface area contributed by atoms with Crippen molar-refractivity contribution in [3.05, 3.63) is 35.5 Å². The third-order valence-corrected chi connectivity index (χ3v) is 3.97. The molecule has 0 aliphatic carbocycles. The second-order valence-electron chi connectivity index (χ2n) is 5.51. The summed E-state index contributed by atoms with van der Waals surface area (Å²) >= 11 is 0. The number of nitrogens with zero attached hydrogens (tertiary/aromatic N) is 3. The Morgan fingerprint density at radius 2 is 2.25 bits per heavy atom. The summed E-state index contributed by atoms with van der Waals surface area (Å²) in [6, 6.07) is 8.43. The molecule has 0 atom stereocenters. The maximum atomic E-state index is 9.03. The second-order valence-corrected chi connectivity index (χ2v) is 5.51. The molecule has 1 aromatic carbocycles. The van der Waals surface area contributed by atoms with Crippen LogP contribution in [0.2, 0.25) is 0 Å². The summed E-state index contributed by atoms with van der Waals surface area (Å²) in [5.41, 5.74) is 3.95. The van der Waals surface area contributed by atoms with E-state index in [1.54, 1.807) is 0 Å². The summed E-state index contributed by atoms with van der Waals surface area (Å²) in [4.78, 5) is 2.44. The van der Waals surface area contributed by atoms with Gasteiger partial charge in [0.1, 0.15) is 0 Å². The molecule has 0 saturated heterocycles. The molecule has 0 saturated carbocycles. The number of rotatable bonds is 2. The average Bonchev–Trinajstić information content (AvgIpc) is 2.90. The molecule has 0 fully saturated rings. The van der Waals surface area contributed by atoms with E-state index >= 15 is 0 Å². The molecule has 1 aliphatic heterocycles. The van der Waals surface area contributed by atoms with Crippen LogP contribution in [0.25, 0.3) is 16.5 Å². The SMILES string of the molecule is CC(C)N1CC=C(c2n[nH]c3ccc(C#N)cc23)CC1. The number of H-pyrrole nitrogens is 1. The molecule has 0 spiro atoms. The van der Waals surface area contributed by atoms with Gasteiger partial charge >= 0.3 is 0 Å². The summed E-state index contributed by atoms with van der Waals surface area (Å²) in [5, 5.41) is 17.6. The van der Waals surface area contributed by atoms with E-state index < -0.39 is 0 Å². The average molecular weight is 266 g/mol. The first-order chi connectivity index (χ1) is 9.69.